The van der Waals surface area contributed by atoms with Crippen LogP contribution < -0.4 is 4.31 Å². The van der Waals surface area contributed by atoms with Crippen LogP contribution in [0.25, 0.3) is 0 Å². The van der Waals surface area contributed by atoms with Crippen LogP contribution in [0.4, 0.5) is 5.69 Å². The van der Waals surface area contributed by atoms with Gasteiger partial charge in [0.1, 0.15) is 6.54 Å². The minimum atomic E-state index is -3.82. The minimum absolute atomic E-state index is 0.184. The molecule has 25 heavy (non-hydrogen) atoms. The van der Waals surface area contributed by atoms with Crippen LogP contribution in [0.1, 0.15) is 18.4 Å². The molecule has 1 aliphatic rings. The Morgan fingerprint density at radius 3 is 2.20 bits per heavy atom. The number of carbonyl (C=O) groups excluding carboxylic acids is 1. The Morgan fingerprint density at radius 1 is 1.04 bits per heavy atom. The maximum absolute atomic E-state index is 13.1. The van der Waals surface area contributed by atoms with Crippen molar-refractivity contribution in [1.82, 2.24) is 4.90 Å². The number of hydrogen-bond donors (Lipinski definition) is 0. The molecule has 1 amide bonds. The van der Waals surface area contributed by atoms with E-state index in [0.29, 0.717) is 5.69 Å². The summed E-state index contributed by atoms with van der Waals surface area (Å²) in [7, 11) is -2.08. The maximum atomic E-state index is 13.1. The van der Waals surface area contributed by atoms with Crippen molar-refractivity contribution in [2.24, 2.45) is 0 Å². The van der Waals surface area contributed by atoms with Crippen molar-refractivity contribution in [3.8, 4) is 0 Å². The zero-order valence-corrected chi connectivity index (χ0v) is 15.2. The topological polar surface area (TPSA) is 57.7 Å². The van der Waals surface area contributed by atoms with E-state index in [0.717, 1.165) is 18.4 Å². The Labute approximate surface area is 148 Å². The van der Waals surface area contributed by atoms with Crippen LogP contribution in [0, 0.1) is 6.92 Å². The normalized spacial score (nSPS) is 14.2. The van der Waals surface area contributed by atoms with Gasteiger partial charge in [-0.25, -0.2) is 8.42 Å². The molecule has 1 saturated carbocycles. The van der Waals surface area contributed by atoms with E-state index < -0.39 is 10.0 Å². The van der Waals surface area contributed by atoms with Gasteiger partial charge >= 0.3 is 0 Å². The molecule has 0 heterocycles. The van der Waals surface area contributed by atoms with E-state index in [1.165, 1.54) is 4.31 Å². The number of amides is 1. The molecule has 0 unspecified atom stereocenters. The van der Waals surface area contributed by atoms with Gasteiger partial charge < -0.3 is 4.90 Å². The Balaban J connectivity index is 1.95. The third-order valence-electron chi connectivity index (χ3n) is 4.42. The minimum Gasteiger partial charge on any atom is -0.341 e. The van der Waals surface area contributed by atoms with E-state index in [1.54, 1.807) is 60.5 Å². The van der Waals surface area contributed by atoms with Crippen molar-refractivity contribution >= 4 is 21.6 Å². The van der Waals surface area contributed by atoms with E-state index in [2.05, 4.69) is 0 Å². The first-order chi connectivity index (χ1) is 11.9. The van der Waals surface area contributed by atoms with Crippen LogP contribution >= 0.6 is 0 Å². The highest BCUT2D eigenvalue weighted by Gasteiger charge is 2.33. The van der Waals surface area contributed by atoms with Gasteiger partial charge in [-0.3, -0.25) is 9.10 Å². The first kappa shape index (κ1) is 17.5. The second-order valence-corrected chi connectivity index (χ2v) is 8.26. The summed E-state index contributed by atoms with van der Waals surface area (Å²) in [6, 6.07) is 15.7. The highest BCUT2D eigenvalue weighted by Crippen LogP contribution is 2.27. The number of para-hydroxylation sites is 1. The van der Waals surface area contributed by atoms with E-state index in [1.807, 2.05) is 13.0 Å². The Morgan fingerprint density at radius 2 is 1.64 bits per heavy atom. The predicted octanol–water partition coefficient (Wildman–Crippen LogP) is 2.81. The van der Waals surface area contributed by atoms with Crippen molar-refractivity contribution in [3.63, 3.8) is 0 Å². The summed E-state index contributed by atoms with van der Waals surface area (Å²) in [5.74, 6) is -0.193. The number of nitrogens with zero attached hydrogens (tertiary/aromatic N) is 2. The van der Waals surface area contributed by atoms with Crippen molar-refractivity contribution < 1.29 is 13.2 Å². The lowest BCUT2D eigenvalue weighted by Crippen LogP contribution is -2.42. The molecule has 2 aromatic rings. The Kier molecular flexibility index (Phi) is 4.81. The van der Waals surface area contributed by atoms with Gasteiger partial charge in [-0.1, -0.05) is 35.9 Å². The van der Waals surface area contributed by atoms with Crippen LogP contribution in [-0.4, -0.2) is 38.9 Å². The summed E-state index contributed by atoms with van der Waals surface area (Å²) in [5.41, 5.74) is 1.47. The fraction of sp³-hybridized carbons (Fsp3) is 0.316. The zero-order chi connectivity index (χ0) is 18.0. The van der Waals surface area contributed by atoms with Gasteiger partial charge in [-0.15, -0.1) is 0 Å². The summed E-state index contributed by atoms with van der Waals surface area (Å²) in [6.45, 7) is 1.70. The number of likely N-dealkylation sites (N-methyl/N-ethyl adjacent to an activating group) is 1. The fourth-order valence-corrected chi connectivity index (χ4v) is 4.06. The lowest BCUT2D eigenvalue weighted by atomic mass is 10.2. The molecule has 1 aliphatic carbocycles. The third-order valence-corrected chi connectivity index (χ3v) is 6.21. The molecule has 3 rings (SSSR count). The van der Waals surface area contributed by atoms with Gasteiger partial charge in [0.25, 0.3) is 10.0 Å². The first-order valence-corrected chi connectivity index (χ1v) is 9.74. The molecule has 0 radical (unpaired) electrons. The summed E-state index contributed by atoms with van der Waals surface area (Å²) in [5, 5.41) is 0. The van der Waals surface area contributed by atoms with Gasteiger partial charge in [0, 0.05) is 13.1 Å². The number of sulfonamides is 1. The molecular weight excluding hydrogens is 336 g/mol. The number of anilines is 1. The SMILES string of the molecule is Cc1ccc(S(=O)(=O)N(CC(=O)N(C)C2CC2)c2ccccc2)cc1. The van der Waals surface area contributed by atoms with Crippen molar-refractivity contribution in [1.29, 1.82) is 0 Å². The molecule has 0 aromatic heterocycles. The molecule has 132 valence electrons. The van der Waals surface area contributed by atoms with E-state index in [9.17, 15) is 13.2 Å². The van der Waals surface area contributed by atoms with Gasteiger partial charge in [-0.2, -0.15) is 0 Å². The van der Waals surface area contributed by atoms with Crippen molar-refractivity contribution in [2.75, 3.05) is 17.9 Å². The third kappa shape index (κ3) is 3.85. The molecule has 6 heteroatoms. The van der Waals surface area contributed by atoms with Crippen molar-refractivity contribution in [2.45, 2.75) is 30.7 Å². The predicted molar refractivity (Wildman–Crippen MR) is 97.9 cm³/mol. The van der Waals surface area contributed by atoms with Crippen LogP contribution in [0.15, 0.2) is 59.5 Å². The highest BCUT2D eigenvalue weighted by molar-refractivity contribution is 7.92. The van der Waals surface area contributed by atoms with Crippen LogP contribution in [0.3, 0.4) is 0 Å². The summed E-state index contributed by atoms with van der Waals surface area (Å²) < 4.78 is 27.5. The molecule has 0 atom stereocenters. The Hall–Kier alpha value is -2.34. The van der Waals surface area contributed by atoms with Gasteiger partial charge in [0.2, 0.25) is 5.91 Å². The summed E-state index contributed by atoms with van der Waals surface area (Å²) >= 11 is 0. The smallest absolute Gasteiger partial charge is 0.264 e. The molecule has 0 N–H and O–H groups in total. The Bertz CT molecular complexity index is 844. The molecule has 1 fully saturated rings. The quantitative estimate of drug-likeness (QED) is 0.798. The van der Waals surface area contributed by atoms with Crippen LogP contribution in [-0.2, 0) is 14.8 Å². The molecule has 0 bridgehead atoms. The van der Waals surface area contributed by atoms with Crippen LogP contribution in [0.2, 0.25) is 0 Å². The summed E-state index contributed by atoms with van der Waals surface area (Å²) in [6.07, 6.45) is 1.97. The standard InChI is InChI=1S/C19H22N2O3S/c1-15-8-12-18(13-9-15)25(23,24)21(17-6-4-3-5-7-17)14-19(22)20(2)16-10-11-16/h3-9,12-13,16H,10-11,14H2,1-2H3. The average Bonchev–Trinajstić information content (AvgIpc) is 3.45. The molecule has 5 nitrogen and oxygen atoms in total. The number of hydrogen-bond acceptors (Lipinski definition) is 3. The highest BCUT2D eigenvalue weighted by atomic mass is 32.2. The molecular formula is C19H22N2O3S. The number of carbonyl (C=O) groups is 1. The molecule has 0 saturated heterocycles. The van der Waals surface area contributed by atoms with Gasteiger partial charge in [0.15, 0.2) is 0 Å². The summed E-state index contributed by atoms with van der Waals surface area (Å²) in [4.78, 5) is 14.4. The second-order valence-electron chi connectivity index (χ2n) is 6.40. The monoisotopic (exact) mass is 358 g/mol. The average molecular weight is 358 g/mol. The van der Waals surface area contributed by atoms with Gasteiger partial charge in [0.05, 0.1) is 10.6 Å². The van der Waals surface area contributed by atoms with Gasteiger partial charge in [-0.05, 0) is 44.0 Å². The second kappa shape index (κ2) is 6.88. The molecule has 2 aromatic carbocycles. The molecule has 0 aliphatic heterocycles. The van der Waals surface area contributed by atoms with E-state index in [-0.39, 0.29) is 23.4 Å². The number of benzene rings is 2. The molecule has 0 spiro atoms. The number of aryl methyl sites for hydroxylation is 1. The fourth-order valence-electron chi connectivity index (χ4n) is 2.65. The van der Waals surface area contributed by atoms with Crippen LogP contribution in [0.5, 0.6) is 0 Å². The lowest BCUT2D eigenvalue weighted by Gasteiger charge is -2.26. The lowest BCUT2D eigenvalue weighted by molar-refractivity contribution is -0.128. The first-order valence-electron chi connectivity index (χ1n) is 8.30. The largest absolute Gasteiger partial charge is 0.341 e. The maximum Gasteiger partial charge on any atom is 0.264 e. The van der Waals surface area contributed by atoms with E-state index >= 15 is 0 Å². The van der Waals surface area contributed by atoms with E-state index in [4.69, 9.17) is 0 Å². The van der Waals surface area contributed by atoms with Crippen molar-refractivity contribution in [3.05, 3.63) is 60.2 Å². The number of rotatable bonds is 6. The zero-order valence-electron chi connectivity index (χ0n) is 14.4.